The van der Waals surface area contributed by atoms with Gasteiger partial charge in [0.2, 0.25) is 0 Å². The summed E-state index contributed by atoms with van der Waals surface area (Å²) in [6, 6.07) is 5.80. The Hall–Kier alpha value is -1.55. The highest BCUT2D eigenvalue weighted by Crippen LogP contribution is 2.36. The Morgan fingerprint density at radius 3 is 2.56 bits per heavy atom. The van der Waals surface area contributed by atoms with Crippen LogP contribution in [0.2, 0.25) is 0 Å². The Bertz CT molecular complexity index is 569. The quantitative estimate of drug-likeness (QED) is 0.747. The zero-order chi connectivity index (χ0) is 18.4. The standard InChI is InChI=1S/C21H33NO3/c1-6-13-24-21(11-9-16(4)10-12-21)20(23)22-18-7-8-19(17(5)14-18)25-15(2)3/h7-8,14-16H,6,9-13H2,1-5H3,(H,22,23). The number of amides is 1. The number of ether oxygens (including phenoxy) is 2. The summed E-state index contributed by atoms with van der Waals surface area (Å²) < 4.78 is 11.8. The fraction of sp³-hybridized carbons (Fsp3) is 0.667. The van der Waals surface area contributed by atoms with Crippen molar-refractivity contribution in [3.63, 3.8) is 0 Å². The van der Waals surface area contributed by atoms with E-state index in [0.29, 0.717) is 12.5 Å². The molecule has 1 aromatic rings. The van der Waals surface area contributed by atoms with Crippen LogP contribution in [0, 0.1) is 12.8 Å². The fourth-order valence-corrected chi connectivity index (χ4v) is 3.32. The summed E-state index contributed by atoms with van der Waals surface area (Å²) in [5, 5.41) is 3.08. The van der Waals surface area contributed by atoms with Gasteiger partial charge in [-0.25, -0.2) is 0 Å². The van der Waals surface area contributed by atoms with Gasteiger partial charge in [-0.1, -0.05) is 13.8 Å². The molecule has 1 aliphatic carbocycles. The van der Waals surface area contributed by atoms with Gasteiger partial charge < -0.3 is 14.8 Å². The highest BCUT2D eigenvalue weighted by atomic mass is 16.5. The van der Waals surface area contributed by atoms with Gasteiger partial charge >= 0.3 is 0 Å². The summed E-state index contributed by atoms with van der Waals surface area (Å²) in [7, 11) is 0. The number of hydrogen-bond donors (Lipinski definition) is 1. The number of rotatable bonds is 7. The van der Waals surface area contributed by atoms with Crippen LogP contribution in [0.5, 0.6) is 5.75 Å². The minimum atomic E-state index is -0.677. The zero-order valence-electron chi connectivity index (χ0n) is 16.4. The fourth-order valence-electron chi connectivity index (χ4n) is 3.32. The second kappa shape index (κ2) is 8.70. The third kappa shape index (κ3) is 5.21. The van der Waals surface area contributed by atoms with Gasteiger partial charge in [-0.05, 0) is 82.6 Å². The third-order valence-corrected chi connectivity index (χ3v) is 4.87. The minimum absolute atomic E-state index is 0.00946. The first-order valence-corrected chi connectivity index (χ1v) is 9.59. The van der Waals surface area contributed by atoms with Crippen molar-refractivity contribution < 1.29 is 14.3 Å². The van der Waals surface area contributed by atoms with Gasteiger partial charge in [-0.2, -0.15) is 0 Å². The van der Waals surface area contributed by atoms with E-state index >= 15 is 0 Å². The average Bonchev–Trinajstić information content (AvgIpc) is 2.57. The molecule has 4 heteroatoms. The van der Waals surface area contributed by atoms with Crippen LogP contribution in [0.1, 0.15) is 65.4 Å². The summed E-state index contributed by atoms with van der Waals surface area (Å²) in [6.07, 6.45) is 4.73. The Morgan fingerprint density at radius 2 is 2.00 bits per heavy atom. The topological polar surface area (TPSA) is 47.6 Å². The Kier molecular flexibility index (Phi) is 6.88. The number of anilines is 1. The Morgan fingerprint density at radius 1 is 1.32 bits per heavy atom. The minimum Gasteiger partial charge on any atom is -0.491 e. The van der Waals surface area contributed by atoms with Gasteiger partial charge in [-0.15, -0.1) is 0 Å². The molecule has 0 bridgehead atoms. The highest BCUT2D eigenvalue weighted by Gasteiger charge is 2.42. The second-order valence-electron chi connectivity index (χ2n) is 7.63. The molecule has 0 aliphatic heterocycles. The first-order valence-electron chi connectivity index (χ1n) is 9.59. The monoisotopic (exact) mass is 347 g/mol. The van der Waals surface area contributed by atoms with Crippen LogP contribution < -0.4 is 10.1 Å². The van der Waals surface area contributed by atoms with Crippen LogP contribution in [-0.4, -0.2) is 24.2 Å². The van der Waals surface area contributed by atoms with E-state index in [9.17, 15) is 4.79 Å². The molecule has 0 atom stereocenters. The predicted octanol–water partition coefficient (Wildman–Crippen LogP) is 5.10. The summed E-state index contributed by atoms with van der Waals surface area (Å²) in [5.74, 6) is 1.52. The van der Waals surface area contributed by atoms with Crippen LogP contribution in [0.4, 0.5) is 5.69 Å². The molecule has 0 saturated heterocycles. The summed E-state index contributed by atoms with van der Waals surface area (Å²) in [5.41, 5.74) is 1.15. The van der Waals surface area contributed by atoms with E-state index in [4.69, 9.17) is 9.47 Å². The number of aryl methyl sites for hydroxylation is 1. The van der Waals surface area contributed by atoms with E-state index in [1.165, 1.54) is 0 Å². The lowest BCUT2D eigenvalue weighted by Gasteiger charge is -2.38. The summed E-state index contributed by atoms with van der Waals surface area (Å²) >= 11 is 0. The SMILES string of the molecule is CCCOC1(C(=O)Nc2ccc(OC(C)C)c(C)c2)CCC(C)CC1. The van der Waals surface area contributed by atoms with E-state index in [1.807, 2.05) is 39.0 Å². The summed E-state index contributed by atoms with van der Waals surface area (Å²) in [6.45, 7) is 11.0. The second-order valence-corrected chi connectivity index (χ2v) is 7.63. The molecule has 1 amide bonds. The molecule has 1 aliphatic rings. The molecule has 1 saturated carbocycles. The Labute approximate surface area is 152 Å². The number of hydrogen-bond acceptors (Lipinski definition) is 3. The number of carbonyl (C=O) groups excluding carboxylic acids is 1. The molecule has 1 aromatic carbocycles. The highest BCUT2D eigenvalue weighted by molar-refractivity contribution is 5.97. The van der Waals surface area contributed by atoms with Crippen molar-refractivity contribution in [2.75, 3.05) is 11.9 Å². The number of benzene rings is 1. The van der Waals surface area contributed by atoms with Crippen molar-refractivity contribution in [3.8, 4) is 5.75 Å². The maximum absolute atomic E-state index is 13.0. The molecule has 2 rings (SSSR count). The molecule has 0 aromatic heterocycles. The molecular formula is C21H33NO3. The van der Waals surface area contributed by atoms with E-state index in [2.05, 4.69) is 19.2 Å². The molecule has 1 fully saturated rings. The predicted molar refractivity (Wildman–Crippen MR) is 102 cm³/mol. The van der Waals surface area contributed by atoms with Crippen molar-refractivity contribution in [1.29, 1.82) is 0 Å². The van der Waals surface area contributed by atoms with Crippen molar-refractivity contribution in [3.05, 3.63) is 23.8 Å². The molecular weight excluding hydrogens is 314 g/mol. The zero-order valence-corrected chi connectivity index (χ0v) is 16.4. The van der Waals surface area contributed by atoms with Crippen LogP contribution in [0.25, 0.3) is 0 Å². The number of carbonyl (C=O) groups is 1. The van der Waals surface area contributed by atoms with E-state index in [0.717, 1.165) is 49.1 Å². The van der Waals surface area contributed by atoms with Crippen molar-refractivity contribution in [1.82, 2.24) is 0 Å². The normalized spacial score (nSPS) is 23.5. The van der Waals surface area contributed by atoms with Crippen molar-refractivity contribution in [2.45, 2.75) is 78.4 Å². The van der Waals surface area contributed by atoms with Crippen LogP contribution >= 0.6 is 0 Å². The smallest absolute Gasteiger partial charge is 0.256 e. The van der Waals surface area contributed by atoms with Gasteiger partial charge in [0.25, 0.3) is 5.91 Å². The van der Waals surface area contributed by atoms with Gasteiger partial charge in [-0.3, -0.25) is 4.79 Å². The number of nitrogens with one attached hydrogen (secondary N) is 1. The van der Waals surface area contributed by atoms with Crippen LogP contribution in [-0.2, 0) is 9.53 Å². The maximum atomic E-state index is 13.0. The van der Waals surface area contributed by atoms with Crippen LogP contribution in [0.15, 0.2) is 18.2 Å². The lowest BCUT2D eigenvalue weighted by atomic mass is 9.78. The molecule has 0 radical (unpaired) electrons. The van der Waals surface area contributed by atoms with Crippen LogP contribution in [0.3, 0.4) is 0 Å². The van der Waals surface area contributed by atoms with E-state index in [1.54, 1.807) is 0 Å². The molecule has 0 unspecified atom stereocenters. The first kappa shape index (κ1) is 19.8. The van der Waals surface area contributed by atoms with E-state index < -0.39 is 5.60 Å². The lowest BCUT2D eigenvalue weighted by Crippen LogP contribution is -2.48. The maximum Gasteiger partial charge on any atom is 0.256 e. The van der Waals surface area contributed by atoms with Gasteiger partial charge in [0.1, 0.15) is 11.4 Å². The molecule has 1 N–H and O–H groups in total. The Balaban J connectivity index is 2.11. The van der Waals surface area contributed by atoms with Crippen molar-refractivity contribution in [2.24, 2.45) is 5.92 Å². The molecule has 0 heterocycles. The third-order valence-electron chi connectivity index (χ3n) is 4.87. The molecule has 4 nitrogen and oxygen atoms in total. The first-order chi connectivity index (χ1) is 11.9. The summed E-state index contributed by atoms with van der Waals surface area (Å²) in [4.78, 5) is 13.0. The molecule has 0 spiro atoms. The largest absolute Gasteiger partial charge is 0.491 e. The van der Waals surface area contributed by atoms with Gasteiger partial charge in [0, 0.05) is 12.3 Å². The molecule has 25 heavy (non-hydrogen) atoms. The van der Waals surface area contributed by atoms with Gasteiger partial charge in [0.05, 0.1) is 6.10 Å². The average molecular weight is 347 g/mol. The van der Waals surface area contributed by atoms with Crippen molar-refractivity contribution >= 4 is 11.6 Å². The van der Waals surface area contributed by atoms with E-state index in [-0.39, 0.29) is 12.0 Å². The lowest BCUT2D eigenvalue weighted by molar-refractivity contribution is -0.147. The van der Waals surface area contributed by atoms with Gasteiger partial charge in [0.15, 0.2) is 0 Å². The molecule has 140 valence electrons.